The van der Waals surface area contributed by atoms with Crippen LogP contribution in [-0.2, 0) is 19.2 Å². The van der Waals surface area contributed by atoms with Crippen molar-refractivity contribution in [1.82, 2.24) is 16.0 Å². The Labute approximate surface area is 170 Å². The van der Waals surface area contributed by atoms with Crippen molar-refractivity contribution in [3.63, 3.8) is 0 Å². The second-order valence-electron chi connectivity index (χ2n) is 7.03. The molecule has 166 valence electrons. The minimum Gasteiger partial charge on any atom is -0.480 e. The quantitative estimate of drug-likeness (QED) is 0.0975. The second-order valence-corrected chi connectivity index (χ2v) is 7.03. The summed E-state index contributed by atoms with van der Waals surface area (Å²) < 4.78 is 0. The molecule has 12 heteroatoms. The van der Waals surface area contributed by atoms with Gasteiger partial charge >= 0.3 is 5.97 Å². The molecule has 0 saturated heterocycles. The first-order valence-electron chi connectivity index (χ1n) is 9.36. The van der Waals surface area contributed by atoms with Gasteiger partial charge in [-0.15, -0.1) is 0 Å². The van der Waals surface area contributed by atoms with E-state index in [0.717, 1.165) is 0 Å². The summed E-state index contributed by atoms with van der Waals surface area (Å²) in [6.45, 7) is 5.13. The highest BCUT2D eigenvalue weighted by molar-refractivity contribution is 5.93. The number of nitrogens with two attached hydrogens (primary N) is 3. The molecule has 0 aliphatic carbocycles. The largest absolute Gasteiger partial charge is 0.480 e. The Morgan fingerprint density at radius 3 is 2.03 bits per heavy atom. The van der Waals surface area contributed by atoms with E-state index in [9.17, 15) is 24.3 Å². The number of hydrogen-bond acceptors (Lipinski definition) is 6. The number of aliphatic carboxylic acids is 1. The molecule has 0 rings (SSSR count). The number of carboxylic acids is 1. The van der Waals surface area contributed by atoms with E-state index in [1.165, 1.54) is 6.92 Å². The van der Waals surface area contributed by atoms with Gasteiger partial charge in [0.25, 0.3) is 0 Å². The molecule has 0 aromatic carbocycles. The summed E-state index contributed by atoms with van der Waals surface area (Å²) in [6.07, 6.45) is 0.747. The van der Waals surface area contributed by atoms with Crippen molar-refractivity contribution in [2.24, 2.45) is 28.1 Å². The number of amides is 3. The van der Waals surface area contributed by atoms with E-state index in [-0.39, 0.29) is 37.8 Å². The minimum absolute atomic E-state index is 0.0464. The minimum atomic E-state index is -1.21. The highest BCUT2D eigenvalue weighted by Crippen LogP contribution is 2.07. The highest BCUT2D eigenvalue weighted by atomic mass is 16.4. The van der Waals surface area contributed by atoms with Gasteiger partial charge in [-0.05, 0) is 32.1 Å². The van der Waals surface area contributed by atoms with Crippen LogP contribution in [0.15, 0.2) is 4.99 Å². The Morgan fingerprint density at radius 1 is 0.966 bits per heavy atom. The number of carbonyl (C=O) groups is 4. The molecule has 3 unspecified atom stereocenters. The van der Waals surface area contributed by atoms with Crippen LogP contribution in [0.25, 0.3) is 0 Å². The summed E-state index contributed by atoms with van der Waals surface area (Å²) in [7, 11) is 0. The predicted molar refractivity (Wildman–Crippen MR) is 108 cm³/mol. The first kappa shape index (κ1) is 26.1. The number of rotatable bonds is 13. The van der Waals surface area contributed by atoms with Gasteiger partial charge in [0.2, 0.25) is 17.7 Å². The molecule has 0 heterocycles. The Bertz CT molecular complexity index is 605. The fraction of sp³-hybridized carbons (Fsp3) is 0.706. The third kappa shape index (κ3) is 11.5. The summed E-state index contributed by atoms with van der Waals surface area (Å²) in [5, 5.41) is 16.7. The van der Waals surface area contributed by atoms with Crippen molar-refractivity contribution in [3.8, 4) is 0 Å². The van der Waals surface area contributed by atoms with Crippen molar-refractivity contribution in [1.29, 1.82) is 0 Å². The molecule has 0 aromatic heterocycles. The average Bonchev–Trinajstić information content (AvgIpc) is 2.62. The summed E-state index contributed by atoms with van der Waals surface area (Å²) in [4.78, 5) is 51.4. The Kier molecular flexibility index (Phi) is 12.0. The number of guanidine groups is 1. The Morgan fingerprint density at radius 2 is 1.55 bits per heavy atom. The highest BCUT2D eigenvalue weighted by Gasteiger charge is 2.28. The van der Waals surface area contributed by atoms with Crippen LogP contribution in [0.4, 0.5) is 0 Å². The number of nitrogens with one attached hydrogen (secondary N) is 3. The van der Waals surface area contributed by atoms with Gasteiger partial charge in [0.1, 0.15) is 18.1 Å². The topological polar surface area (TPSA) is 215 Å². The summed E-state index contributed by atoms with van der Waals surface area (Å²) in [5.74, 6) is -2.97. The van der Waals surface area contributed by atoms with Crippen LogP contribution in [0.1, 0.15) is 40.0 Å². The fourth-order valence-electron chi connectivity index (χ4n) is 2.40. The van der Waals surface area contributed by atoms with Crippen molar-refractivity contribution in [3.05, 3.63) is 0 Å². The van der Waals surface area contributed by atoms with E-state index in [4.69, 9.17) is 17.2 Å². The molecule has 0 radical (unpaired) electrons. The number of carboxylic acid groups (broad SMARTS) is 1. The molecule has 12 nitrogen and oxygen atoms in total. The van der Waals surface area contributed by atoms with E-state index in [0.29, 0.717) is 6.42 Å². The number of aliphatic imine (C=N–C) groups is 1. The monoisotopic (exact) mass is 415 g/mol. The van der Waals surface area contributed by atoms with Crippen LogP contribution in [0.3, 0.4) is 0 Å². The molecule has 3 amide bonds. The molecule has 29 heavy (non-hydrogen) atoms. The second kappa shape index (κ2) is 13.3. The standard InChI is InChI=1S/C17H33N7O5/c1-9(2)7-12(24-14(26)10(3)22-13(25)8-18)15(27)23-11(16(28)29)5-4-6-21-17(19)20/h9-12H,4-8,18H2,1-3H3,(H,22,25)(H,23,27)(H,24,26)(H,28,29)(H4,19,20,21). The van der Waals surface area contributed by atoms with Gasteiger partial charge in [0.15, 0.2) is 5.96 Å². The van der Waals surface area contributed by atoms with Gasteiger partial charge in [0.05, 0.1) is 6.54 Å². The van der Waals surface area contributed by atoms with Gasteiger partial charge in [-0.1, -0.05) is 13.8 Å². The lowest BCUT2D eigenvalue weighted by Crippen LogP contribution is -2.55. The normalized spacial score (nSPS) is 13.7. The van der Waals surface area contributed by atoms with E-state index in [2.05, 4.69) is 20.9 Å². The molecule has 0 spiro atoms. The Hall–Kier alpha value is -2.89. The van der Waals surface area contributed by atoms with Gasteiger partial charge in [-0.2, -0.15) is 0 Å². The molecule has 3 atom stereocenters. The van der Waals surface area contributed by atoms with E-state index < -0.39 is 41.8 Å². The van der Waals surface area contributed by atoms with Gasteiger partial charge in [-0.3, -0.25) is 19.4 Å². The number of hydrogen-bond donors (Lipinski definition) is 7. The maximum atomic E-state index is 12.6. The predicted octanol–water partition coefficient (Wildman–Crippen LogP) is -2.40. The van der Waals surface area contributed by atoms with E-state index in [1.807, 2.05) is 13.8 Å². The maximum Gasteiger partial charge on any atom is 0.326 e. The van der Waals surface area contributed by atoms with Crippen LogP contribution in [0, 0.1) is 5.92 Å². The van der Waals surface area contributed by atoms with Crippen LogP contribution in [0.5, 0.6) is 0 Å². The van der Waals surface area contributed by atoms with Crippen LogP contribution < -0.4 is 33.2 Å². The van der Waals surface area contributed by atoms with Crippen LogP contribution in [-0.4, -0.2) is 66.0 Å². The molecule has 10 N–H and O–H groups in total. The maximum absolute atomic E-state index is 12.6. The molecule has 0 aliphatic rings. The lowest BCUT2D eigenvalue weighted by Gasteiger charge is -2.24. The third-order valence-electron chi connectivity index (χ3n) is 3.86. The van der Waals surface area contributed by atoms with Gasteiger partial charge in [0, 0.05) is 6.54 Å². The van der Waals surface area contributed by atoms with Gasteiger partial charge < -0.3 is 38.3 Å². The zero-order chi connectivity index (χ0) is 22.6. The molecular weight excluding hydrogens is 382 g/mol. The van der Waals surface area contributed by atoms with Crippen molar-refractivity contribution in [2.45, 2.75) is 58.2 Å². The summed E-state index contributed by atoms with van der Waals surface area (Å²) >= 11 is 0. The van der Waals surface area contributed by atoms with Crippen molar-refractivity contribution < 1.29 is 24.3 Å². The lowest BCUT2D eigenvalue weighted by molar-refractivity contribution is -0.142. The third-order valence-corrected chi connectivity index (χ3v) is 3.86. The van der Waals surface area contributed by atoms with Gasteiger partial charge in [-0.25, -0.2) is 4.79 Å². The zero-order valence-electron chi connectivity index (χ0n) is 17.1. The summed E-state index contributed by atoms with van der Waals surface area (Å²) in [5.41, 5.74) is 15.6. The number of nitrogens with zero attached hydrogens (tertiary/aromatic N) is 1. The van der Waals surface area contributed by atoms with Crippen molar-refractivity contribution >= 4 is 29.7 Å². The zero-order valence-corrected chi connectivity index (χ0v) is 17.1. The molecule has 0 aromatic rings. The molecule has 0 fully saturated rings. The molecular formula is C17H33N7O5. The first-order valence-corrected chi connectivity index (χ1v) is 9.36. The smallest absolute Gasteiger partial charge is 0.326 e. The summed E-state index contributed by atoms with van der Waals surface area (Å²) in [6, 6.07) is -3.01. The van der Waals surface area contributed by atoms with Crippen molar-refractivity contribution in [2.75, 3.05) is 13.1 Å². The van der Waals surface area contributed by atoms with E-state index >= 15 is 0 Å². The average molecular weight is 415 g/mol. The SMILES string of the molecule is CC(C)CC(NC(=O)C(C)NC(=O)CN)C(=O)NC(CCCN=C(N)N)C(=O)O. The lowest BCUT2D eigenvalue weighted by atomic mass is 10.0. The Balaban J connectivity index is 5.02. The van der Waals surface area contributed by atoms with E-state index in [1.54, 1.807) is 0 Å². The fourth-order valence-corrected chi connectivity index (χ4v) is 2.40. The number of carbonyl (C=O) groups excluding carboxylic acids is 3. The first-order chi connectivity index (χ1) is 13.5. The molecule has 0 aliphatic heterocycles. The molecule has 0 bridgehead atoms. The van der Waals surface area contributed by atoms with Crippen LogP contribution in [0.2, 0.25) is 0 Å². The molecule has 0 saturated carbocycles. The van der Waals surface area contributed by atoms with Crippen LogP contribution >= 0.6 is 0 Å².